The number of carbonyl (C=O) groups excluding carboxylic acids is 1. The number of aliphatic hydroxyl groups is 1. The van der Waals surface area contributed by atoms with Crippen molar-refractivity contribution in [3.63, 3.8) is 0 Å². The Kier molecular flexibility index (Phi) is 5.98. The maximum atomic E-state index is 13.8. The lowest BCUT2D eigenvalue weighted by Crippen LogP contribution is -2.43. The van der Waals surface area contributed by atoms with Crippen molar-refractivity contribution in [3.8, 4) is 6.07 Å². The van der Waals surface area contributed by atoms with Crippen molar-refractivity contribution < 1.29 is 14.3 Å². The van der Waals surface area contributed by atoms with Crippen LogP contribution in [-0.2, 0) is 19.5 Å². The van der Waals surface area contributed by atoms with Crippen LogP contribution in [0.5, 0.6) is 0 Å². The Morgan fingerprint density at radius 1 is 1.07 bits per heavy atom. The van der Waals surface area contributed by atoms with Gasteiger partial charge in [-0.05, 0) is 35.2 Å². The Bertz CT molecular complexity index is 974. The molecule has 2 aromatic carbocycles. The van der Waals surface area contributed by atoms with Crippen LogP contribution < -0.4 is 0 Å². The molecular weight excluding hydrogens is 383 g/mol. The summed E-state index contributed by atoms with van der Waals surface area (Å²) in [5.74, 6) is -0.572. The lowest BCUT2D eigenvalue weighted by Gasteiger charge is -2.31. The zero-order valence-electron chi connectivity index (χ0n) is 16.8. The van der Waals surface area contributed by atoms with Gasteiger partial charge in [0, 0.05) is 45.8 Å². The third kappa shape index (κ3) is 4.45. The minimum Gasteiger partial charge on any atom is -0.390 e. The molecule has 2 aliphatic heterocycles. The summed E-state index contributed by atoms with van der Waals surface area (Å²) in [4.78, 5) is 18.2. The third-order valence-corrected chi connectivity index (χ3v) is 5.82. The predicted octanol–water partition coefficient (Wildman–Crippen LogP) is 2.35. The summed E-state index contributed by atoms with van der Waals surface area (Å²) >= 11 is 0. The number of halogens is 1. The molecule has 156 valence electrons. The predicted molar refractivity (Wildman–Crippen MR) is 110 cm³/mol. The molecule has 2 heterocycles. The fraction of sp³-hybridized carbons (Fsp3) is 0.391. The van der Waals surface area contributed by atoms with Crippen LogP contribution in [0.2, 0.25) is 0 Å². The van der Waals surface area contributed by atoms with Gasteiger partial charge in [-0.3, -0.25) is 4.90 Å². The van der Waals surface area contributed by atoms with Gasteiger partial charge in [0.15, 0.2) is 0 Å². The quantitative estimate of drug-likeness (QED) is 0.797. The van der Waals surface area contributed by atoms with E-state index in [0.717, 1.165) is 19.5 Å². The second kappa shape index (κ2) is 8.82. The molecule has 1 saturated heterocycles. The Balaban J connectivity index is 1.29. The van der Waals surface area contributed by atoms with E-state index in [1.165, 1.54) is 23.3 Å². The smallest absolute Gasteiger partial charge is 0.320 e. The van der Waals surface area contributed by atoms with Crippen LogP contribution in [0.3, 0.4) is 0 Å². The van der Waals surface area contributed by atoms with Crippen molar-refractivity contribution in [1.29, 1.82) is 5.26 Å². The number of hydrogen-bond acceptors (Lipinski definition) is 4. The van der Waals surface area contributed by atoms with E-state index < -0.39 is 11.9 Å². The number of rotatable bonds is 6. The molecule has 0 radical (unpaired) electrons. The van der Waals surface area contributed by atoms with E-state index in [0.29, 0.717) is 25.2 Å². The van der Waals surface area contributed by atoms with Gasteiger partial charge in [0.2, 0.25) is 0 Å². The average Bonchev–Trinajstić information content (AvgIpc) is 3.07. The summed E-state index contributed by atoms with van der Waals surface area (Å²) in [6, 6.07) is 14.4. The highest BCUT2D eigenvalue weighted by atomic mass is 19.1. The van der Waals surface area contributed by atoms with Gasteiger partial charge in [-0.15, -0.1) is 0 Å². The van der Waals surface area contributed by atoms with Gasteiger partial charge in [0.1, 0.15) is 11.9 Å². The molecule has 1 N–H and O–H groups in total. The number of nitrogens with zero attached hydrogens (tertiary/aromatic N) is 4. The lowest BCUT2D eigenvalue weighted by molar-refractivity contribution is 0.0812. The fourth-order valence-corrected chi connectivity index (χ4v) is 4.24. The molecule has 0 bridgehead atoms. The summed E-state index contributed by atoms with van der Waals surface area (Å²) in [5.41, 5.74) is 3.31. The molecule has 0 aromatic heterocycles. The Labute approximate surface area is 175 Å². The molecule has 6 nitrogen and oxygen atoms in total. The van der Waals surface area contributed by atoms with E-state index in [1.54, 1.807) is 21.9 Å². The first-order valence-electron chi connectivity index (χ1n) is 10.2. The number of hydrogen-bond donors (Lipinski definition) is 1. The molecule has 1 fully saturated rings. The molecule has 0 aliphatic carbocycles. The van der Waals surface area contributed by atoms with Crippen molar-refractivity contribution in [1.82, 2.24) is 14.7 Å². The van der Waals surface area contributed by atoms with E-state index in [4.69, 9.17) is 5.26 Å². The van der Waals surface area contributed by atoms with Crippen molar-refractivity contribution >= 4 is 6.03 Å². The van der Waals surface area contributed by atoms with Gasteiger partial charge in [0.05, 0.1) is 11.7 Å². The molecule has 0 saturated carbocycles. The zero-order valence-corrected chi connectivity index (χ0v) is 16.8. The number of carbonyl (C=O) groups is 1. The van der Waals surface area contributed by atoms with Crippen LogP contribution in [0.25, 0.3) is 0 Å². The average molecular weight is 408 g/mol. The molecule has 1 unspecified atom stereocenters. The molecule has 30 heavy (non-hydrogen) atoms. The molecule has 4 rings (SSSR count). The van der Waals surface area contributed by atoms with Crippen LogP contribution in [-0.4, -0.2) is 64.7 Å². The molecule has 2 aliphatic rings. The second-order valence-corrected chi connectivity index (χ2v) is 7.98. The number of benzene rings is 2. The van der Waals surface area contributed by atoms with Crippen molar-refractivity contribution in [3.05, 3.63) is 70.5 Å². The van der Waals surface area contributed by atoms with Crippen LogP contribution in [0.1, 0.15) is 22.3 Å². The highest BCUT2D eigenvalue weighted by Gasteiger charge is 2.30. The van der Waals surface area contributed by atoms with Gasteiger partial charge >= 0.3 is 6.03 Å². The molecule has 2 amide bonds. The summed E-state index contributed by atoms with van der Waals surface area (Å²) in [5, 5.41) is 19.4. The summed E-state index contributed by atoms with van der Waals surface area (Å²) < 4.78 is 13.8. The molecule has 1 atom stereocenters. The number of urea groups is 1. The van der Waals surface area contributed by atoms with Crippen molar-refractivity contribution in [2.45, 2.75) is 25.6 Å². The van der Waals surface area contributed by atoms with E-state index in [9.17, 15) is 14.3 Å². The highest BCUT2D eigenvalue weighted by Crippen LogP contribution is 2.20. The second-order valence-electron chi connectivity index (χ2n) is 7.98. The standard InChI is InChI=1S/C23H25FN4O2/c24-22-11-17(5-6-19(22)12-25)13-27-9-10-28(23(27)30)16-21(29)15-26-8-7-18-3-1-2-4-20(18)14-26/h1-6,11,21,29H,7-10,13-16H2. The third-order valence-electron chi connectivity index (χ3n) is 5.82. The minimum atomic E-state index is -0.619. The Morgan fingerprint density at radius 2 is 1.83 bits per heavy atom. The van der Waals surface area contributed by atoms with Crippen LogP contribution in [0, 0.1) is 17.1 Å². The van der Waals surface area contributed by atoms with E-state index in [-0.39, 0.29) is 24.7 Å². The Hall–Kier alpha value is -2.95. The number of β-amino-alcohol motifs (C(OH)–C–C–N with tert-alkyl or cyclic N) is 1. The van der Waals surface area contributed by atoms with Crippen LogP contribution >= 0.6 is 0 Å². The van der Waals surface area contributed by atoms with Crippen LogP contribution in [0.4, 0.5) is 9.18 Å². The number of aliphatic hydroxyl groups excluding tert-OH is 1. The van der Waals surface area contributed by atoms with Crippen LogP contribution in [0.15, 0.2) is 42.5 Å². The highest BCUT2D eigenvalue weighted by molar-refractivity contribution is 5.76. The van der Waals surface area contributed by atoms with Gasteiger partial charge < -0.3 is 14.9 Å². The first-order chi connectivity index (χ1) is 14.5. The topological polar surface area (TPSA) is 70.8 Å². The summed E-state index contributed by atoms with van der Waals surface area (Å²) in [6.07, 6.45) is 0.354. The van der Waals surface area contributed by atoms with Gasteiger partial charge in [0.25, 0.3) is 0 Å². The first kappa shape index (κ1) is 20.3. The maximum absolute atomic E-state index is 13.8. The molecular formula is C23H25FN4O2. The number of nitriles is 1. The minimum absolute atomic E-state index is 0.00316. The van der Waals surface area contributed by atoms with E-state index >= 15 is 0 Å². The van der Waals surface area contributed by atoms with Gasteiger partial charge in [-0.1, -0.05) is 30.3 Å². The first-order valence-corrected chi connectivity index (χ1v) is 10.2. The van der Waals surface area contributed by atoms with E-state index in [2.05, 4.69) is 23.1 Å². The van der Waals surface area contributed by atoms with Gasteiger partial charge in [-0.2, -0.15) is 5.26 Å². The normalized spacial score (nSPS) is 17.7. The monoisotopic (exact) mass is 408 g/mol. The van der Waals surface area contributed by atoms with E-state index in [1.807, 2.05) is 6.07 Å². The largest absolute Gasteiger partial charge is 0.390 e. The zero-order chi connectivity index (χ0) is 21.1. The van der Waals surface area contributed by atoms with Crippen molar-refractivity contribution in [2.24, 2.45) is 0 Å². The van der Waals surface area contributed by atoms with Gasteiger partial charge in [-0.25, -0.2) is 9.18 Å². The molecule has 2 aromatic rings. The van der Waals surface area contributed by atoms with Crippen molar-refractivity contribution in [2.75, 3.05) is 32.7 Å². The summed E-state index contributed by atoms with van der Waals surface area (Å²) in [7, 11) is 0. The lowest BCUT2D eigenvalue weighted by atomic mass is 10.00. The summed E-state index contributed by atoms with van der Waals surface area (Å²) in [6.45, 7) is 3.89. The fourth-order valence-electron chi connectivity index (χ4n) is 4.24. The number of amides is 2. The Morgan fingerprint density at radius 3 is 2.60 bits per heavy atom. The number of fused-ring (bicyclic) bond motifs is 1. The maximum Gasteiger partial charge on any atom is 0.320 e. The molecule has 0 spiro atoms. The SMILES string of the molecule is N#Cc1ccc(CN2CCN(CC(O)CN3CCc4ccccc4C3)C2=O)cc1F. The molecule has 7 heteroatoms.